The van der Waals surface area contributed by atoms with E-state index >= 15 is 0 Å². The Morgan fingerprint density at radius 1 is 1.03 bits per heavy atom. The summed E-state index contributed by atoms with van der Waals surface area (Å²) in [4.78, 5) is 33.1. The largest absolute Gasteiger partial charge is 0.325 e. The molecule has 1 aliphatic heterocycles. The minimum absolute atomic E-state index is 0.00894. The molecule has 1 aliphatic rings. The second kappa shape index (κ2) is 8.82. The van der Waals surface area contributed by atoms with Gasteiger partial charge in [-0.25, -0.2) is 4.98 Å². The van der Waals surface area contributed by atoms with Crippen LogP contribution >= 0.6 is 11.3 Å². The maximum atomic E-state index is 12.4. The molecule has 1 aromatic heterocycles. The van der Waals surface area contributed by atoms with Gasteiger partial charge in [0.25, 0.3) is 0 Å². The topological polar surface area (TPSA) is 65.5 Å². The summed E-state index contributed by atoms with van der Waals surface area (Å²) in [5.74, 6) is -0.0596. The first-order valence-corrected chi connectivity index (χ1v) is 10.6. The van der Waals surface area contributed by atoms with Crippen molar-refractivity contribution in [3.05, 3.63) is 59.1 Å². The Labute approximate surface area is 174 Å². The molecular weight excluding hydrogens is 384 g/mol. The van der Waals surface area contributed by atoms with E-state index in [-0.39, 0.29) is 11.7 Å². The summed E-state index contributed by atoms with van der Waals surface area (Å²) < 4.78 is 1.23. The Morgan fingerprint density at radius 2 is 1.79 bits per heavy atom. The number of hydrogen-bond acceptors (Lipinski definition) is 6. The summed E-state index contributed by atoms with van der Waals surface area (Å²) in [7, 11) is 0. The standard InChI is InChI=1S/C22H24N4O2S/c1-16(27)17-5-4-6-18(13-17)23-21(28)14-25-9-11-26(12-10-25)15-22-24-19-7-2-3-8-20(19)29-22/h2-8,13H,9-12,14-15H2,1H3,(H,23,28). The van der Waals surface area contributed by atoms with Crippen molar-refractivity contribution >= 4 is 38.9 Å². The molecule has 7 heteroatoms. The number of thiazole rings is 1. The van der Waals surface area contributed by atoms with Crippen LogP contribution in [0, 0.1) is 0 Å². The third kappa shape index (κ3) is 5.06. The second-order valence-electron chi connectivity index (χ2n) is 7.31. The Kier molecular flexibility index (Phi) is 5.99. The van der Waals surface area contributed by atoms with Gasteiger partial charge in [-0.3, -0.25) is 19.4 Å². The average Bonchev–Trinajstić information content (AvgIpc) is 3.12. The van der Waals surface area contributed by atoms with Crippen LogP contribution in [0.25, 0.3) is 10.2 Å². The van der Waals surface area contributed by atoms with Crippen molar-refractivity contribution in [2.75, 3.05) is 38.0 Å². The van der Waals surface area contributed by atoms with Crippen molar-refractivity contribution in [3.8, 4) is 0 Å². The van der Waals surface area contributed by atoms with Crippen molar-refractivity contribution in [1.82, 2.24) is 14.8 Å². The molecule has 0 bridgehead atoms. The highest BCUT2D eigenvalue weighted by Gasteiger charge is 2.20. The van der Waals surface area contributed by atoms with E-state index in [1.165, 1.54) is 11.6 Å². The van der Waals surface area contributed by atoms with E-state index < -0.39 is 0 Å². The van der Waals surface area contributed by atoms with Crippen molar-refractivity contribution in [3.63, 3.8) is 0 Å². The highest BCUT2D eigenvalue weighted by molar-refractivity contribution is 7.18. The second-order valence-corrected chi connectivity index (χ2v) is 8.43. The molecule has 0 spiro atoms. The number of carbonyl (C=O) groups is 2. The molecule has 2 heterocycles. The van der Waals surface area contributed by atoms with Crippen LogP contribution in [0.5, 0.6) is 0 Å². The normalized spacial score (nSPS) is 15.5. The summed E-state index contributed by atoms with van der Waals surface area (Å²) in [5.41, 5.74) is 2.33. The first kappa shape index (κ1) is 19.7. The molecule has 0 aliphatic carbocycles. The van der Waals surface area contributed by atoms with Gasteiger partial charge >= 0.3 is 0 Å². The minimum atomic E-state index is -0.0506. The van der Waals surface area contributed by atoms with Gasteiger partial charge in [0.1, 0.15) is 5.01 Å². The van der Waals surface area contributed by atoms with Gasteiger partial charge in [0.05, 0.1) is 23.3 Å². The molecule has 0 unspecified atom stereocenters. The van der Waals surface area contributed by atoms with Crippen LogP contribution in [-0.4, -0.2) is 59.2 Å². The first-order valence-electron chi connectivity index (χ1n) is 9.77. The molecule has 3 aromatic rings. The summed E-state index contributed by atoms with van der Waals surface area (Å²) >= 11 is 1.75. The van der Waals surface area contributed by atoms with Crippen LogP contribution in [0.1, 0.15) is 22.3 Å². The molecule has 0 saturated carbocycles. The lowest BCUT2D eigenvalue weighted by Gasteiger charge is -2.33. The Hall–Kier alpha value is -2.61. The van der Waals surface area contributed by atoms with E-state index in [0.717, 1.165) is 43.2 Å². The molecule has 1 amide bonds. The monoisotopic (exact) mass is 408 g/mol. The van der Waals surface area contributed by atoms with Gasteiger partial charge in [0.15, 0.2) is 5.78 Å². The first-order chi connectivity index (χ1) is 14.1. The van der Waals surface area contributed by atoms with Crippen LogP contribution in [0.2, 0.25) is 0 Å². The molecule has 4 rings (SSSR count). The molecule has 1 saturated heterocycles. The SMILES string of the molecule is CC(=O)c1cccc(NC(=O)CN2CCN(Cc3nc4ccccc4s3)CC2)c1. The number of benzene rings is 2. The fourth-order valence-electron chi connectivity index (χ4n) is 3.50. The number of ketones is 1. The molecular formula is C22H24N4O2S. The number of aromatic nitrogens is 1. The number of hydrogen-bond donors (Lipinski definition) is 1. The number of anilines is 1. The number of amides is 1. The zero-order valence-corrected chi connectivity index (χ0v) is 17.2. The Balaban J connectivity index is 1.25. The number of piperazine rings is 1. The van der Waals surface area contributed by atoms with Crippen molar-refractivity contribution < 1.29 is 9.59 Å². The number of rotatable bonds is 6. The highest BCUT2D eigenvalue weighted by Crippen LogP contribution is 2.23. The van der Waals surface area contributed by atoms with Crippen molar-refractivity contribution in [2.45, 2.75) is 13.5 Å². The Bertz CT molecular complexity index is 991. The molecule has 1 N–H and O–H groups in total. The van der Waals surface area contributed by atoms with Crippen LogP contribution < -0.4 is 5.32 Å². The van der Waals surface area contributed by atoms with Crippen LogP contribution in [-0.2, 0) is 11.3 Å². The van der Waals surface area contributed by atoms with Gasteiger partial charge in [0, 0.05) is 37.4 Å². The summed E-state index contributed by atoms with van der Waals surface area (Å²) in [6.45, 7) is 6.29. The Morgan fingerprint density at radius 3 is 2.55 bits per heavy atom. The molecule has 29 heavy (non-hydrogen) atoms. The van der Waals surface area contributed by atoms with E-state index in [0.29, 0.717) is 17.8 Å². The van der Waals surface area contributed by atoms with E-state index in [1.807, 2.05) is 12.1 Å². The van der Waals surface area contributed by atoms with E-state index in [2.05, 4.69) is 27.2 Å². The predicted octanol–water partition coefficient (Wildman–Crippen LogP) is 3.26. The van der Waals surface area contributed by atoms with Crippen molar-refractivity contribution in [2.24, 2.45) is 0 Å². The molecule has 0 atom stereocenters. The van der Waals surface area contributed by atoms with Gasteiger partial charge in [-0.05, 0) is 31.2 Å². The smallest absolute Gasteiger partial charge is 0.238 e. The molecule has 150 valence electrons. The van der Waals surface area contributed by atoms with E-state index in [4.69, 9.17) is 4.98 Å². The quantitative estimate of drug-likeness (QED) is 0.634. The van der Waals surface area contributed by atoms with E-state index in [9.17, 15) is 9.59 Å². The van der Waals surface area contributed by atoms with Gasteiger partial charge in [-0.2, -0.15) is 0 Å². The zero-order valence-electron chi connectivity index (χ0n) is 16.4. The minimum Gasteiger partial charge on any atom is -0.325 e. The van der Waals surface area contributed by atoms with Gasteiger partial charge in [0.2, 0.25) is 5.91 Å². The van der Waals surface area contributed by atoms with Gasteiger partial charge < -0.3 is 5.32 Å². The number of nitrogens with zero attached hydrogens (tertiary/aromatic N) is 3. The number of Topliss-reactive ketones (excluding diaryl/α,β-unsaturated/α-hetero) is 1. The highest BCUT2D eigenvalue weighted by atomic mass is 32.1. The third-order valence-corrected chi connectivity index (χ3v) is 6.10. The lowest BCUT2D eigenvalue weighted by atomic mass is 10.1. The maximum absolute atomic E-state index is 12.4. The predicted molar refractivity (Wildman–Crippen MR) is 116 cm³/mol. The number of nitrogens with one attached hydrogen (secondary N) is 1. The van der Waals surface area contributed by atoms with Crippen LogP contribution in [0.3, 0.4) is 0 Å². The van der Waals surface area contributed by atoms with Crippen LogP contribution in [0.15, 0.2) is 48.5 Å². The molecule has 6 nitrogen and oxygen atoms in total. The lowest BCUT2D eigenvalue weighted by Crippen LogP contribution is -2.48. The molecule has 1 fully saturated rings. The summed E-state index contributed by atoms with van der Waals surface area (Å²) in [6, 6.07) is 15.3. The lowest BCUT2D eigenvalue weighted by molar-refractivity contribution is -0.117. The van der Waals surface area contributed by atoms with Gasteiger partial charge in [-0.1, -0.05) is 24.3 Å². The number of fused-ring (bicyclic) bond motifs is 1. The van der Waals surface area contributed by atoms with Crippen molar-refractivity contribution in [1.29, 1.82) is 0 Å². The van der Waals surface area contributed by atoms with Crippen LogP contribution in [0.4, 0.5) is 5.69 Å². The third-order valence-electron chi connectivity index (χ3n) is 5.08. The number of carbonyl (C=O) groups excluding carboxylic acids is 2. The fourth-order valence-corrected chi connectivity index (χ4v) is 4.51. The number of para-hydroxylation sites is 1. The summed E-state index contributed by atoms with van der Waals surface area (Å²) in [6.07, 6.45) is 0. The molecule has 0 radical (unpaired) electrons. The molecule has 2 aromatic carbocycles. The fraction of sp³-hybridized carbons (Fsp3) is 0.318. The maximum Gasteiger partial charge on any atom is 0.238 e. The van der Waals surface area contributed by atoms with Gasteiger partial charge in [-0.15, -0.1) is 11.3 Å². The zero-order chi connectivity index (χ0) is 20.2. The average molecular weight is 409 g/mol. The summed E-state index contributed by atoms with van der Waals surface area (Å²) in [5, 5.41) is 4.04. The van der Waals surface area contributed by atoms with E-state index in [1.54, 1.807) is 35.6 Å².